The van der Waals surface area contributed by atoms with E-state index in [0.29, 0.717) is 17.7 Å². The first kappa shape index (κ1) is 20.4. The second-order valence-corrected chi connectivity index (χ2v) is 7.20. The van der Waals surface area contributed by atoms with Gasteiger partial charge in [-0.1, -0.05) is 60.7 Å². The maximum Gasteiger partial charge on any atom is 0.235 e. The fourth-order valence-corrected chi connectivity index (χ4v) is 3.73. The number of Topliss-reactive ketones (excluding diaryl/α,β-unsaturated/α-hetero) is 2. The Morgan fingerprint density at radius 2 is 1.55 bits per heavy atom. The summed E-state index contributed by atoms with van der Waals surface area (Å²) in [4.78, 5) is 25.8. The number of benzene rings is 3. The van der Waals surface area contributed by atoms with Crippen LogP contribution in [0.3, 0.4) is 0 Å². The van der Waals surface area contributed by atoms with Crippen LogP contribution in [0.15, 0.2) is 78.4 Å². The van der Waals surface area contributed by atoms with Crippen molar-refractivity contribution in [2.75, 3.05) is 7.11 Å². The van der Waals surface area contributed by atoms with Crippen LogP contribution in [0.25, 0.3) is 5.76 Å². The van der Waals surface area contributed by atoms with Crippen molar-refractivity contribution >= 4 is 17.3 Å². The third-order valence-electron chi connectivity index (χ3n) is 5.31. The predicted octanol–water partition coefficient (Wildman–Crippen LogP) is 3.97. The van der Waals surface area contributed by atoms with Crippen molar-refractivity contribution in [2.45, 2.75) is 12.6 Å². The van der Waals surface area contributed by atoms with Gasteiger partial charge in [0.2, 0.25) is 11.6 Å². The molecule has 3 N–H and O–H groups in total. The number of hydrogen-bond donors (Lipinski definition) is 3. The normalized spacial score (nSPS) is 14.4. The summed E-state index contributed by atoms with van der Waals surface area (Å²) in [5.74, 6) is -1.51. The third-order valence-corrected chi connectivity index (χ3v) is 5.31. The molecule has 1 atom stereocenters. The summed E-state index contributed by atoms with van der Waals surface area (Å²) in [6.45, 7) is 0.384. The van der Waals surface area contributed by atoms with Gasteiger partial charge in [0, 0.05) is 17.7 Å². The fraction of sp³-hybridized carbons (Fsp3) is 0.120. The smallest absolute Gasteiger partial charge is 0.235 e. The average molecular weight is 415 g/mol. The third kappa shape index (κ3) is 3.81. The molecule has 0 aromatic heterocycles. The zero-order valence-electron chi connectivity index (χ0n) is 16.8. The van der Waals surface area contributed by atoms with Gasteiger partial charge in [0.15, 0.2) is 11.5 Å². The number of methoxy groups -OCH3 is 1. The molecule has 31 heavy (non-hydrogen) atoms. The molecule has 1 unspecified atom stereocenters. The second-order valence-electron chi connectivity index (χ2n) is 7.20. The Bertz CT molecular complexity index is 1180. The molecule has 0 heterocycles. The number of hydrogen-bond acceptors (Lipinski definition) is 6. The Balaban J connectivity index is 1.84. The van der Waals surface area contributed by atoms with Gasteiger partial charge in [-0.25, -0.2) is 0 Å². The Kier molecular flexibility index (Phi) is 5.56. The number of carbonyl (C=O) groups excluding carboxylic acids is 2. The number of ketones is 2. The van der Waals surface area contributed by atoms with E-state index in [1.165, 1.54) is 19.2 Å². The number of phenols is 1. The number of aromatic hydroxyl groups is 1. The standard InChI is InChI=1S/C25H21NO5/c1-31-20-13-16(11-12-19(20)27)22(26-14-15-7-3-2-4-8-15)21-23(28)17-9-5-6-10-18(17)24(29)25(21)30/h2-13,22,26-28H,14H2,1H3. The van der Waals surface area contributed by atoms with Gasteiger partial charge < -0.3 is 20.3 Å². The molecule has 0 saturated heterocycles. The molecule has 1 aliphatic carbocycles. The lowest BCUT2D eigenvalue weighted by Crippen LogP contribution is -2.33. The van der Waals surface area contributed by atoms with Crippen molar-refractivity contribution in [1.82, 2.24) is 5.32 Å². The van der Waals surface area contributed by atoms with E-state index in [0.717, 1.165) is 5.56 Å². The molecule has 3 aromatic rings. The van der Waals surface area contributed by atoms with E-state index in [9.17, 15) is 19.8 Å². The van der Waals surface area contributed by atoms with E-state index in [1.54, 1.807) is 30.3 Å². The molecule has 156 valence electrons. The van der Waals surface area contributed by atoms with Crippen molar-refractivity contribution in [3.05, 3.63) is 101 Å². The van der Waals surface area contributed by atoms with Crippen molar-refractivity contribution in [3.63, 3.8) is 0 Å². The molecule has 6 heteroatoms. The number of fused-ring (bicyclic) bond motifs is 1. The molecule has 0 aliphatic heterocycles. The van der Waals surface area contributed by atoms with Crippen LogP contribution in [0, 0.1) is 0 Å². The van der Waals surface area contributed by atoms with Gasteiger partial charge in [0.1, 0.15) is 5.76 Å². The van der Waals surface area contributed by atoms with Gasteiger partial charge in [-0.05, 0) is 23.3 Å². The molecule has 0 amide bonds. The quantitative estimate of drug-likeness (QED) is 0.528. The summed E-state index contributed by atoms with van der Waals surface area (Å²) in [5, 5.41) is 24.3. The summed E-state index contributed by atoms with van der Waals surface area (Å²) in [6.07, 6.45) is 0. The van der Waals surface area contributed by atoms with Gasteiger partial charge in [-0.2, -0.15) is 0 Å². The van der Waals surface area contributed by atoms with E-state index in [2.05, 4.69) is 5.32 Å². The molecule has 0 spiro atoms. The van der Waals surface area contributed by atoms with E-state index < -0.39 is 17.6 Å². The summed E-state index contributed by atoms with van der Waals surface area (Å²) in [5.41, 5.74) is 1.99. The van der Waals surface area contributed by atoms with E-state index in [1.807, 2.05) is 30.3 Å². The van der Waals surface area contributed by atoms with Gasteiger partial charge >= 0.3 is 0 Å². The first-order valence-electron chi connectivity index (χ1n) is 9.77. The summed E-state index contributed by atoms with van der Waals surface area (Å²) >= 11 is 0. The Morgan fingerprint density at radius 3 is 2.26 bits per heavy atom. The minimum atomic E-state index is -0.806. The molecule has 0 radical (unpaired) electrons. The molecule has 0 saturated carbocycles. The van der Waals surface area contributed by atoms with Crippen LogP contribution >= 0.6 is 0 Å². The number of aliphatic hydroxyl groups is 1. The second kappa shape index (κ2) is 8.45. The predicted molar refractivity (Wildman–Crippen MR) is 116 cm³/mol. The molecular formula is C25H21NO5. The lowest BCUT2D eigenvalue weighted by Gasteiger charge is -2.26. The maximum atomic E-state index is 13.1. The number of aliphatic hydroxyl groups excluding tert-OH is 1. The average Bonchev–Trinajstić information content (AvgIpc) is 2.81. The Morgan fingerprint density at radius 1 is 0.871 bits per heavy atom. The topological polar surface area (TPSA) is 95.9 Å². The van der Waals surface area contributed by atoms with Gasteiger partial charge in [0.05, 0.1) is 18.7 Å². The number of nitrogens with one attached hydrogen (secondary N) is 1. The molecule has 0 bridgehead atoms. The summed E-state index contributed by atoms with van der Waals surface area (Å²) in [7, 11) is 1.42. The summed E-state index contributed by atoms with van der Waals surface area (Å²) < 4.78 is 5.21. The number of rotatable bonds is 6. The van der Waals surface area contributed by atoms with Crippen molar-refractivity contribution in [2.24, 2.45) is 0 Å². The minimum absolute atomic E-state index is 0.0348. The minimum Gasteiger partial charge on any atom is -0.507 e. The first-order chi connectivity index (χ1) is 15.0. The van der Waals surface area contributed by atoms with Crippen molar-refractivity contribution < 1.29 is 24.5 Å². The van der Waals surface area contributed by atoms with E-state index in [4.69, 9.17) is 4.74 Å². The number of ether oxygens (including phenoxy) is 1. The lowest BCUT2D eigenvalue weighted by atomic mass is 9.83. The SMILES string of the molecule is COc1cc(C(NCc2ccccc2)C2=C(O)c3ccccc3C(=O)C2=O)ccc1O. The van der Waals surface area contributed by atoms with Gasteiger partial charge in [-0.15, -0.1) is 0 Å². The molecule has 6 nitrogen and oxygen atoms in total. The van der Waals surface area contributed by atoms with E-state index in [-0.39, 0.29) is 28.4 Å². The maximum absolute atomic E-state index is 13.1. The number of carbonyl (C=O) groups is 2. The molecule has 0 fully saturated rings. The highest BCUT2D eigenvalue weighted by Gasteiger charge is 2.37. The fourth-order valence-electron chi connectivity index (χ4n) is 3.73. The van der Waals surface area contributed by atoms with Crippen LogP contribution in [0.5, 0.6) is 11.5 Å². The highest BCUT2D eigenvalue weighted by atomic mass is 16.5. The highest BCUT2D eigenvalue weighted by molar-refractivity contribution is 6.52. The molecule has 4 rings (SSSR count). The first-order valence-corrected chi connectivity index (χ1v) is 9.77. The Hall–Kier alpha value is -3.90. The van der Waals surface area contributed by atoms with Crippen LogP contribution in [0.4, 0.5) is 0 Å². The van der Waals surface area contributed by atoms with Crippen LogP contribution in [-0.2, 0) is 11.3 Å². The van der Waals surface area contributed by atoms with Gasteiger partial charge in [-0.3, -0.25) is 9.59 Å². The Labute approximate surface area is 179 Å². The zero-order valence-corrected chi connectivity index (χ0v) is 16.8. The van der Waals surface area contributed by atoms with Crippen LogP contribution < -0.4 is 10.1 Å². The van der Waals surface area contributed by atoms with Gasteiger partial charge in [0.25, 0.3) is 0 Å². The lowest BCUT2D eigenvalue weighted by molar-refractivity contribution is -0.112. The summed E-state index contributed by atoms with van der Waals surface area (Å²) in [6, 6.07) is 19.9. The number of phenolic OH excluding ortho intramolecular Hbond substituents is 1. The van der Waals surface area contributed by atoms with Crippen molar-refractivity contribution in [1.29, 1.82) is 0 Å². The monoisotopic (exact) mass is 415 g/mol. The molecule has 3 aromatic carbocycles. The van der Waals surface area contributed by atoms with Crippen LogP contribution in [-0.4, -0.2) is 28.9 Å². The largest absolute Gasteiger partial charge is 0.507 e. The van der Waals surface area contributed by atoms with Crippen LogP contribution in [0.2, 0.25) is 0 Å². The highest BCUT2D eigenvalue weighted by Crippen LogP contribution is 2.37. The molecular weight excluding hydrogens is 394 g/mol. The molecule has 1 aliphatic rings. The van der Waals surface area contributed by atoms with E-state index >= 15 is 0 Å². The zero-order chi connectivity index (χ0) is 22.0. The van der Waals surface area contributed by atoms with Crippen LogP contribution in [0.1, 0.15) is 33.1 Å². The van der Waals surface area contributed by atoms with Crippen molar-refractivity contribution in [3.8, 4) is 11.5 Å².